The third kappa shape index (κ3) is 0.758. The molecule has 2 heterocycles. The van der Waals surface area contributed by atoms with Gasteiger partial charge < -0.3 is 4.42 Å². The second-order valence-electron chi connectivity index (χ2n) is 2.06. The van der Waals surface area contributed by atoms with Gasteiger partial charge in [-0.2, -0.15) is 9.98 Å². The van der Waals surface area contributed by atoms with Crippen molar-refractivity contribution in [2.24, 2.45) is 17.0 Å². The summed E-state index contributed by atoms with van der Waals surface area (Å²) in [4.78, 5) is 18.3. The van der Waals surface area contributed by atoms with Crippen LogP contribution in [0, 0.1) is 0 Å². The summed E-state index contributed by atoms with van der Waals surface area (Å²) in [5, 5.41) is 0.203. The first-order valence-corrected chi connectivity index (χ1v) is 3.26. The SMILES string of the molecule is Cn1c(=O)oc2c1=NC(=S)N=2. The van der Waals surface area contributed by atoms with E-state index in [-0.39, 0.29) is 10.7 Å². The van der Waals surface area contributed by atoms with E-state index < -0.39 is 5.76 Å². The molecule has 1 aromatic rings. The van der Waals surface area contributed by atoms with Crippen molar-refractivity contribution < 1.29 is 4.42 Å². The predicted molar refractivity (Wildman–Crippen MR) is 38.9 cm³/mol. The van der Waals surface area contributed by atoms with E-state index in [1.54, 1.807) is 7.05 Å². The third-order valence-electron chi connectivity index (χ3n) is 1.37. The monoisotopic (exact) mass is 169 g/mol. The highest BCUT2D eigenvalue weighted by molar-refractivity contribution is 7.80. The molecule has 2 rings (SSSR count). The Hall–Kier alpha value is -1.30. The van der Waals surface area contributed by atoms with Gasteiger partial charge in [-0.3, -0.25) is 4.57 Å². The molecule has 0 amide bonds. The van der Waals surface area contributed by atoms with Crippen LogP contribution in [-0.2, 0) is 7.05 Å². The maximum absolute atomic E-state index is 10.8. The van der Waals surface area contributed by atoms with Gasteiger partial charge in [-0.25, -0.2) is 4.79 Å². The minimum Gasteiger partial charge on any atom is -0.387 e. The molecule has 0 N–H and O–H groups in total. The summed E-state index contributed by atoms with van der Waals surface area (Å²) in [6.07, 6.45) is 0. The number of fused-ring (bicyclic) bond motifs is 1. The van der Waals surface area contributed by atoms with Gasteiger partial charge in [0.2, 0.25) is 10.6 Å². The molecule has 0 aliphatic carbocycles. The average molecular weight is 169 g/mol. The number of nitrogens with zero attached hydrogens (tertiary/aromatic N) is 3. The molecule has 5 nitrogen and oxygen atoms in total. The van der Waals surface area contributed by atoms with Gasteiger partial charge in [0.05, 0.1) is 0 Å². The molecule has 0 saturated carbocycles. The lowest BCUT2D eigenvalue weighted by atomic mass is 10.8. The van der Waals surface area contributed by atoms with E-state index in [1.165, 1.54) is 4.57 Å². The molecule has 0 saturated heterocycles. The molecule has 0 bridgehead atoms. The molecule has 1 aliphatic heterocycles. The topological polar surface area (TPSA) is 59.9 Å². The van der Waals surface area contributed by atoms with Crippen LogP contribution in [0.5, 0.6) is 0 Å². The number of aromatic nitrogens is 1. The summed E-state index contributed by atoms with van der Waals surface area (Å²) < 4.78 is 5.95. The van der Waals surface area contributed by atoms with E-state index in [0.29, 0.717) is 5.49 Å². The molecule has 0 aromatic carbocycles. The maximum atomic E-state index is 10.8. The fourth-order valence-electron chi connectivity index (χ4n) is 0.825. The largest absolute Gasteiger partial charge is 0.422 e. The fourth-order valence-corrected chi connectivity index (χ4v) is 0.994. The van der Waals surface area contributed by atoms with Gasteiger partial charge in [0.1, 0.15) is 0 Å². The van der Waals surface area contributed by atoms with Gasteiger partial charge in [0.15, 0.2) is 0 Å². The quantitative estimate of drug-likeness (QED) is 0.445. The van der Waals surface area contributed by atoms with Gasteiger partial charge >= 0.3 is 5.76 Å². The molecule has 0 spiro atoms. The standard InChI is InChI=1S/C5H3N3O2S/c1-8-2-3(10-5(8)9)7-4(11)6-2/h1H3. The number of rotatable bonds is 0. The number of hydrogen-bond donors (Lipinski definition) is 0. The van der Waals surface area contributed by atoms with E-state index in [2.05, 4.69) is 26.6 Å². The van der Waals surface area contributed by atoms with E-state index in [4.69, 9.17) is 0 Å². The maximum Gasteiger partial charge on any atom is 0.422 e. The highest BCUT2D eigenvalue weighted by atomic mass is 32.1. The highest BCUT2D eigenvalue weighted by Crippen LogP contribution is 1.82. The van der Waals surface area contributed by atoms with E-state index >= 15 is 0 Å². The second kappa shape index (κ2) is 1.85. The van der Waals surface area contributed by atoms with Crippen molar-refractivity contribution in [3.05, 3.63) is 21.6 Å². The average Bonchev–Trinajstić information content (AvgIpc) is 2.37. The number of thiocarbonyl (C=S) groups is 1. The molecular formula is C5H3N3O2S. The molecule has 6 heteroatoms. The van der Waals surface area contributed by atoms with Crippen LogP contribution in [0.1, 0.15) is 0 Å². The Morgan fingerprint density at radius 2 is 2.27 bits per heavy atom. The van der Waals surface area contributed by atoms with Crippen LogP contribution in [0.25, 0.3) is 0 Å². The van der Waals surface area contributed by atoms with Crippen LogP contribution in [0.4, 0.5) is 0 Å². The molecule has 1 aliphatic rings. The summed E-state index contributed by atoms with van der Waals surface area (Å²) in [6, 6.07) is 0. The minimum absolute atomic E-state index is 0.203. The minimum atomic E-state index is -0.468. The molecule has 0 fully saturated rings. The lowest BCUT2D eigenvalue weighted by Gasteiger charge is -1.79. The summed E-state index contributed by atoms with van der Waals surface area (Å²) in [5.41, 5.74) is 0.613. The van der Waals surface area contributed by atoms with Gasteiger partial charge in [-0.1, -0.05) is 0 Å². The molecule has 0 unspecified atom stereocenters. The van der Waals surface area contributed by atoms with E-state index in [0.717, 1.165) is 0 Å². The fraction of sp³-hybridized carbons (Fsp3) is 0.200. The van der Waals surface area contributed by atoms with Gasteiger partial charge in [0.25, 0.3) is 5.55 Å². The Balaban J connectivity index is 3.07. The van der Waals surface area contributed by atoms with Crippen molar-refractivity contribution in [2.45, 2.75) is 0 Å². The Bertz CT molecular complexity index is 495. The smallest absolute Gasteiger partial charge is 0.387 e. The number of hydrogen-bond acceptors (Lipinski definition) is 3. The van der Waals surface area contributed by atoms with Crippen LogP contribution in [0.2, 0.25) is 0 Å². The summed E-state index contributed by atoms with van der Waals surface area (Å²) in [6.45, 7) is 0. The zero-order valence-electron chi connectivity index (χ0n) is 5.57. The first kappa shape index (κ1) is 6.41. The van der Waals surface area contributed by atoms with Crippen LogP contribution in [0.3, 0.4) is 0 Å². The van der Waals surface area contributed by atoms with Crippen molar-refractivity contribution in [2.75, 3.05) is 0 Å². The van der Waals surface area contributed by atoms with Gasteiger partial charge in [-0.05, 0) is 12.2 Å². The molecule has 11 heavy (non-hydrogen) atoms. The third-order valence-corrected chi connectivity index (χ3v) is 1.55. The summed E-state index contributed by atoms with van der Waals surface area (Å²) in [7, 11) is 1.55. The van der Waals surface area contributed by atoms with Crippen molar-refractivity contribution >= 4 is 17.3 Å². The Morgan fingerprint density at radius 1 is 1.55 bits per heavy atom. The Kier molecular flexibility index (Phi) is 1.08. The van der Waals surface area contributed by atoms with Gasteiger partial charge in [0, 0.05) is 7.05 Å². The first-order valence-electron chi connectivity index (χ1n) is 2.86. The molecule has 0 radical (unpaired) electrons. The highest BCUT2D eigenvalue weighted by Gasteiger charge is 2.09. The Labute approximate surface area is 65.7 Å². The Morgan fingerprint density at radius 3 is 2.91 bits per heavy atom. The zero-order chi connectivity index (χ0) is 8.01. The van der Waals surface area contributed by atoms with E-state index in [1.807, 2.05) is 0 Å². The molecule has 0 atom stereocenters. The van der Waals surface area contributed by atoms with Crippen molar-refractivity contribution in [1.29, 1.82) is 0 Å². The lowest BCUT2D eigenvalue weighted by Crippen LogP contribution is -2.27. The molecule has 56 valence electrons. The predicted octanol–water partition coefficient (Wildman–Crippen LogP) is -1.48. The van der Waals surface area contributed by atoms with Crippen LogP contribution >= 0.6 is 12.2 Å². The lowest BCUT2D eigenvalue weighted by molar-refractivity contribution is 0.458. The van der Waals surface area contributed by atoms with Crippen molar-refractivity contribution in [1.82, 2.24) is 4.57 Å². The summed E-state index contributed by atoms with van der Waals surface area (Å²) in [5.74, 6) is -0.468. The summed E-state index contributed by atoms with van der Waals surface area (Å²) >= 11 is 4.67. The van der Waals surface area contributed by atoms with Crippen LogP contribution in [0.15, 0.2) is 19.2 Å². The zero-order valence-corrected chi connectivity index (χ0v) is 6.38. The first-order chi connectivity index (χ1) is 5.18. The molecule has 1 aromatic heterocycles. The molecular weight excluding hydrogens is 166 g/mol. The van der Waals surface area contributed by atoms with Gasteiger partial charge in [-0.15, -0.1) is 0 Å². The van der Waals surface area contributed by atoms with E-state index in [9.17, 15) is 4.79 Å². The second-order valence-corrected chi connectivity index (χ2v) is 2.43. The normalized spacial score (nSPS) is 14.1. The van der Waals surface area contributed by atoms with Crippen LogP contribution < -0.4 is 16.8 Å². The van der Waals surface area contributed by atoms with Crippen molar-refractivity contribution in [3.8, 4) is 0 Å². The van der Waals surface area contributed by atoms with Crippen LogP contribution in [-0.4, -0.2) is 9.68 Å². The van der Waals surface area contributed by atoms with Crippen molar-refractivity contribution in [3.63, 3.8) is 0 Å². The number of oxazole rings is 1.